The molecular formula is C33H49NO2. The van der Waals surface area contributed by atoms with Gasteiger partial charge in [-0.3, -0.25) is 4.98 Å². The first-order valence-corrected chi connectivity index (χ1v) is 15.0. The number of aromatic nitrogens is 1. The molecule has 4 aliphatic rings. The Bertz CT molecular complexity index is 954. The molecule has 8 atom stereocenters. The average molecular weight is 492 g/mol. The van der Waals surface area contributed by atoms with Crippen LogP contribution >= 0.6 is 0 Å². The third kappa shape index (κ3) is 4.69. The molecule has 0 unspecified atom stereocenters. The number of allylic oxidation sites excluding steroid dienone is 1. The number of hydrogen-bond acceptors (Lipinski definition) is 3. The molecule has 0 N–H and O–H groups in total. The second-order valence-corrected chi connectivity index (χ2v) is 13.8. The minimum atomic E-state index is -0.201. The van der Waals surface area contributed by atoms with Crippen molar-refractivity contribution in [1.29, 1.82) is 0 Å². The first-order valence-electron chi connectivity index (χ1n) is 15.0. The summed E-state index contributed by atoms with van der Waals surface area (Å²) in [6.45, 7) is 12.5. The average Bonchev–Trinajstić information content (AvgIpc) is 3.22. The molecule has 0 radical (unpaired) electrons. The molecule has 4 aliphatic carbocycles. The van der Waals surface area contributed by atoms with E-state index in [1.807, 2.05) is 0 Å². The molecule has 5 rings (SSSR count). The Hall–Kier alpha value is -1.64. The summed E-state index contributed by atoms with van der Waals surface area (Å²) in [4.78, 5) is 16.7. The van der Waals surface area contributed by atoms with Gasteiger partial charge in [-0.2, -0.15) is 0 Å². The third-order valence-electron chi connectivity index (χ3n) is 11.4. The van der Waals surface area contributed by atoms with Gasteiger partial charge in [-0.15, -0.1) is 0 Å². The Kier molecular flexibility index (Phi) is 7.40. The number of carbonyl (C=O) groups is 1. The molecule has 0 bridgehead atoms. The van der Waals surface area contributed by atoms with Crippen LogP contribution in [0.4, 0.5) is 0 Å². The van der Waals surface area contributed by atoms with Gasteiger partial charge in [-0.25, -0.2) is 4.79 Å². The topological polar surface area (TPSA) is 39.2 Å². The highest BCUT2D eigenvalue weighted by molar-refractivity contribution is 5.89. The van der Waals surface area contributed by atoms with Crippen LogP contribution < -0.4 is 0 Å². The molecular weight excluding hydrogens is 442 g/mol. The van der Waals surface area contributed by atoms with Gasteiger partial charge in [0.1, 0.15) is 6.10 Å². The van der Waals surface area contributed by atoms with E-state index in [1.54, 1.807) is 30.1 Å². The lowest BCUT2D eigenvalue weighted by atomic mass is 9.47. The molecule has 0 aromatic carbocycles. The maximum Gasteiger partial charge on any atom is 0.338 e. The summed E-state index contributed by atoms with van der Waals surface area (Å²) in [6, 6.07) is 3.50. The third-order valence-corrected chi connectivity index (χ3v) is 11.4. The fraction of sp³-hybridized carbons (Fsp3) is 0.758. The smallest absolute Gasteiger partial charge is 0.338 e. The lowest BCUT2D eigenvalue weighted by Gasteiger charge is -2.58. The molecule has 3 heteroatoms. The van der Waals surface area contributed by atoms with E-state index in [9.17, 15) is 4.79 Å². The van der Waals surface area contributed by atoms with Crippen molar-refractivity contribution in [2.75, 3.05) is 0 Å². The maximum absolute atomic E-state index is 12.7. The molecule has 1 heterocycles. The molecule has 3 fully saturated rings. The second kappa shape index (κ2) is 10.3. The van der Waals surface area contributed by atoms with Gasteiger partial charge in [0.05, 0.1) is 5.56 Å². The molecule has 3 nitrogen and oxygen atoms in total. The Morgan fingerprint density at radius 3 is 2.56 bits per heavy atom. The van der Waals surface area contributed by atoms with Crippen molar-refractivity contribution in [3.63, 3.8) is 0 Å². The van der Waals surface area contributed by atoms with Gasteiger partial charge in [0.2, 0.25) is 0 Å². The minimum Gasteiger partial charge on any atom is -0.458 e. The monoisotopic (exact) mass is 491 g/mol. The Balaban J connectivity index is 1.25. The largest absolute Gasteiger partial charge is 0.458 e. The number of fused-ring (bicyclic) bond motifs is 5. The predicted molar refractivity (Wildman–Crippen MR) is 146 cm³/mol. The maximum atomic E-state index is 12.7. The van der Waals surface area contributed by atoms with E-state index in [4.69, 9.17) is 4.74 Å². The molecule has 0 aliphatic heterocycles. The van der Waals surface area contributed by atoms with Crippen LogP contribution in [0.5, 0.6) is 0 Å². The highest BCUT2D eigenvalue weighted by Gasteiger charge is 2.59. The summed E-state index contributed by atoms with van der Waals surface area (Å²) in [5.41, 5.74) is 3.03. The van der Waals surface area contributed by atoms with Gasteiger partial charge in [0.15, 0.2) is 0 Å². The second-order valence-electron chi connectivity index (χ2n) is 13.8. The van der Waals surface area contributed by atoms with Crippen LogP contribution in [0.25, 0.3) is 0 Å². The van der Waals surface area contributed by atoms with Crippen molar-refractivity contribution in [2.45, 2.75) is 111 Å². The summed E-state index contributed by atoms with van der Waals surface area (Å²) >= 11 is 0. The Morgan fingerprint density at radius 2 is 1.81 bits per heavy atom. The molecule has 0 amide bonds. The minimum absolute atomic E-state index is 0.0120. The van der Waals surface area contributed by atoms with Gasteiger partial charge >= 0.3 is 5.97 Å². The number of esters is 1. The van der Waals surface area contributed by atoms with E-state index < -0.39 is 0 Å². The van der Waals surface area contributed by atoms with E-state index in [-0.39, 0.29) is 12.1 Å². The number of pyridine rings is 1. The summed E-state index contributed by atoms with van der Waals surface area (Å²) < 4.78 is 5.97. The van der Waals surface area contributed by atoms with E-state index in [2.05, 4.69) is 45.7 Å². The van der Waals surface area contributed by atoms with Gasteiger partial charge in [0, 0.05) is 18.8 Å². The van der Waals surface area contributed by atoms with Crippen molar-refractivity contribution in [3.8, 4) is 0 Å². The zero-order valence-corrected chi connectivity index (χ0v) is 23.5. The Morgan fingerprint density at radius 1 is 1.03 bits per heavy atom. The normalized spacial score (nSPS) is 38.5. The van der Waals surface area contributed by atoms with E-state index in [0.29, 0.717) is 16.4 Å². The van der Waals surface area contributed by atoms with Crippen LogP contribution in [-0.4, -0.2) is 17.1 Å². The molecule has 36 heavy (non-hydrogen) atoms. The fourth-order valence-corrected chi connectivity index (χ4v) is 9.46. The molecule has 1 aromatic heterocycles. The first-order chi connectivity index (χ1) is 17.2. The molecule has 1 aromatic rings. The van der Waals surface area contributed by atoms with Crippen LogP contribution in [-0.2, 0) is 4.74 Å². The SMILES string of the molecule is CC(C)CCC[C@@H](C)[C@H]1CC[C@H]2[C@@H]3CC=C4C[C@H](OC(=O)c5ccncc5)CC[C@]4(C)[C@H]3CC[C@]12C. The molecule has 3 saturated carbocycles. The van der Waals surface area contributed by atoms with Crippen LogP contribution in [0.15, 0.2) is 36.2 Å². The van der Waals surface area contributed by atoms with Crippen LogP contribution in [0, 0.1) is 46.3 Å². The molecule has 0 saturated heterocycles. The predicted octanol–water partition coefficient (Wildman–Crippen LogP) is 8.65. The van der Waals surface area contributed by atoms with E-state index >= 15 is 0 Å². The summed E-state index contributed by atoms with van der Waals surface area (Å²) in [7, 11) is 0. The van der Waals surface area contributed by atoms with Crippen LogP contribution in [0.1, 0.15) is 116 Å². The lowest BCUT2D eigenvalue weighted by Crippen LogP contribution is -2.51. The first kappa shape index (κ1) is 26.0. The van der Waals surface area contributed by atoms with Crippen LogP contribution in [0.2, 0.25) is 0 Å². The zero-order valence-electron chi connectivity index (χ0n) is 23.5. The quantitative estimate of drug-likeness (QED) is 0.283. The van der Waals surface area contributed by atoms with Crippen molar-refractivity contribution < 1.29 is 9.53 Å². The number of ether oxygens (including phenoxy) is 1. The Labute approximate surface area is 219 Å². The summed E-state index contributed by atoms with van der Waals surface area (Å²) in [5, 5.41) is 0. The highest BCUT2D eigenvalue weighted by Crippen LogP contribution is 2.67. The fourth-order valence-electron chi connectivity index (χ4n) is 9.46. The van der Waals surface area contributed by atoms with Crippen molar-refractivity contribution >= 4 is 5.97 Å². The van der Waals surface area contributed by atoms with Crippen LogP contribution in [0.3, 0.4) is 0 Å². The molecule has 0 spiro atoms. The number of hydrogen-bond donors (Lipinski definition) is 0. The number of nitrogens with zero attached hydrogens (tertiary/aromatic N) is 1. The standard InChI is InChI=1S/C33H49NO2/c1-22(2)7-6-8-23(3)28-11-12-29-27-10-9-25-21-26(36-31(35)24-15-19-34-20-16-24)13-17-32(25,4)30(27)14-18-33(28,29)5/h9,15-16,19-20,22-23,26-30H,6-8,10-14,17-18,21H2,1-5H3/t23-,26-,27+,28-,29+,30+,32+,33-/m1/s1. The van der Waals surface area contributed by atoms with Crippen molar-refractivity contribution in [1.82, 2.24) is 4.98 Å². The van der Waals surface area contributed by atoms with Gasteiger partial charge in [-0.1, -0.05) is 65.5 Å². The van der Waals surface area contributed by atoms with Crippen molar-refractivity contribution in [2.24, 2.45) is 46.3 Å². The van der Waals surface area contributed by atoms with Crippen molar-refractivity contribution in [3.05, 3.63) is 41.7 Å². The van der Waals surface area contributed by atoms with Gasteiger partial charge in [0.25, 0.3) is 0 Å². The molecule has 198 valence electrons. The summed E-state index contributed by atoms with van der Waals surface area (Å²) in [6.07, 6.45) is 20.2. The number of carbonyl (C=O) groups excluding carboxylic acids is 1. The van der Waals surface area contributed by atoms with Gasteiger partial charge < -0.3 is 4.74 Å². The zero-order chi connectivity index (χ0) is 25.5. The van der Waals surface area contributed by atoms with E-state index in [1.165, 1.54) is 51.4 Å². The number of rotatable bonds is 7. The van der Waals surface area contributed by atoms with Gasteiger partial charge in [-0.05, 0) is 103 Å². The van der Waals surface area contributed by atoms with E-state index in [0.717, 1.165) is 54.8 Å². The highest BCUT2D eigenvalue weighted by atomic mass is 16.5. The summed E-state index contributed by atoms with van der Waals surface area (Å²) in [5.74, 6) is 4.96. The lowest BCUT2D eigenvalue weighted by molar-refractivity contribution is -0.0594.